The van der Waals surface area contributed by atoms with Crippen molar-refractivity contribution in [2.24, 2.45) is 0 Å². The van der Waals surface area contributed by atoms with E-state index in [1.807, 2.05) is 0 Å². The molecule has 114 valence electrons. The molecular formula is C14H21ClN6. The molecule has 0 saturated carbocycles. The zero-order valence-electron chi connectivity index (χ0n) is 12.5. The van der Waals surface area contributed by atoms with Crippen LogP contribution in [0.15, 0.2) is 12.4 Å². The SMILES string of the molecule is CCN(CC)CCCCNc1nc(Cl)c2nccnc2n1. The minimum Gasteiger partial charge on any atom is -0.354 e. The molecule has 2 aromatic rings. The van der Waals surface area contributed by atoms with Crippen molar-refractivity contribution in [3.05, 3.63) is 17.5 Å². The zero-order chi connectivity index (χ0) is 15.1. The van der Waals surface area contributed by atoms with Crippen molar-refractivity contribution in [3.8, 4) is 0 Å². The molecule has 0 aliphatic heterocycles. The number of anilines is 1. The maximum absolute atomic E-state index is 6.08. The number of nitrogens with zero attached hydrogens (tertiary/aromatic N) is 5. The van der Waals surface area contributed by atoms with Crippen LogP contribution in [-0.2, 0) is 0 Å². The molecule has 6 nitrogen and oxygen atoms in total. The first kappa shape index (κ1) is 15.9. The van der Waals surface area contributed by atoms with Crippen molar-refractivity contribution >= 4 is 28.7 Å². The van der Waals surface area contributed by atoms with Crippen molar-refractivity contribution in [2.45, 2.75) is 26.7 Å². The Bertz CT molecular complexity index is 572. The molecule has 0 amide bonds. The molecule has 0 unspecified atom stereocenters. The Balaban J connectivity index is 1.84. The lowest BCUT2D eigenvalue weighted by Gasteiger charge is -2.17. The van der Waals surface area contributed by atoms with E-state index >= 15 is 0 Å². The third-order valence-corrected chi connectivity index (χ3v) is 3.63. The molecule has 0 bridgehead atoms. The van der Waals surface area contributed by atoms with Gasteiger partial charge in [-0.15, -0.1) is 0 Å². The van der Waals surface area contributed by atoms with Gasteiger partial charge in [-0.2, -0.15) is 9.97 Å². The van der Waals surface area contributed by atoms with Crippen molar-refractivity contribution < 1.29 is 0 Å². The van der Waals surface area contributed by atoms with Gasteiger partial charge in [0.15, 0.2) is 10.8 Å². The number of rotatable bonds is 8. The van der Waals surface area contributed by atoms with E-state index in [-0.39, 0.29) is 0 Å². The van der Waals surface area contributed by atoms with E-state index in [0.29, 0.717) is 22.3 Å². The first-order valence-electron chi connectivity index (χ1n) is 7.35. The highest BCUT2D eigenvalue weighted by molar-refractivity contribution is 6.33. The summed E-state index contributed by atoms with van der Waals surface area (Å²) in [7, 11) is 0. The Kier molecular flexibility index (Phi) is 6.07. The fraction of sp³-hybridized carbons (Fsp3) is 0.571. The summed E-state index contributed by atoms with van der Waals surface area (Å²) in [6.07, 6.45) is 5.39. The highest BCUT2D eigenvalue weighted by Crippen LogP contribution is 2.17. The molecule has 0 atom stereocenters. The van der Waals surface area contributed by atoms with E-state index in [2.05, 4.69) is 44.0 Å². The number of fused-ring (bicyclic) bond motifs is 1. The van der Waals surface area contributed by atoms with Gasteiger partial charge >= 0.3 is 0 Å². The molecule has 21 heavy (non-hydrogen) atoms. The maximum atomic E-state index is 6.08. The second-order valence-electron chi connectivity index (χ2n) is 4.73. The van der Waals surface area contributed by atoms with Gasteiger partial charge in [-0.25, -0.2) is 9.97 Å². The van der Waals surface area contributed by atoms with Gasteiger partial charge in [-0.05, 0) is 32.5 Å². The van der Waals surface area contributed by atoms with Gasteiger partial charge in [-0.1, -0.05) is 25.4 Å². The van der Waals surface area contributed by atoms with Crippen LogP contribution in [0.1, 0.15) is 26.7 Å². The fourth-order valence-electron chi connectivity index (χ4n) is 2.11. The summed E-state index contributed by atoms with van der Waals surface area (Å²) < 4.78 is 0. The molecular weight excluding hydrogens is 288 g/mol. The summed E-state index contributed by atoms with van der Waals surface area (Å²) in [5, 5.41) is 3.53. The van der Waals surface area contributed by atoms with E-state index in [4.69, 9.17) is 11.6 Å². The summed E-state index contributed by atoms with van der Waals surface area (Å²) in [5.74, 6) is 0.510. The first-order chi connectivity index (χ1) is 10.2. The predicted molar refractivity (Wildman–Crippen MR) is 85.6 cm³/mol. The van der Waals surface area contributed by atoms with Crippen molar-refractivity contribution in [3.63, 3.8) is 0 Å². The molecule has 2 aromatic heterocycles. The zero-order valence-corrected chi connectivity index (χ0v) is 13.3. The van der Waals surface area contributed by atoms with Crippen molar-refractivity contribution in [1.29, 1.82) is 0 Å². The van der Waals surface area contributed by atoms with Crippen LogP contribution in [0.2, 0.25) is 5.15 Å². The van der Waals surface area contributed by atoms with Crippen LogP contribution in [0.25, 0.3) is 11.2 Å². The van der Waals surface area contributed by atoms with Gasteiger partial charge in [0, 0.05) is 18.9 Å². The van der Waals surface area contributed by atoms with E-state index in [1.54, 1.807) is 12.4 Å². The number of hydrogen-bond donors (Lipinski definition) is 1. The molecule has 0 aliphatic rings. The van der Waals surface area contributed by atoms with Gasteiger partial charge in [0.05, 0.1) is 0 Å². The highest BCUT2D eigenvalue weighted by Gasteiger charge is 2.07. The second kappa shape index (κ2) is 8.05. The lowest BCUT2D eigenvalue weighted by molar-refractivity contribution is 0.298. The Morgan fingerprint density at radius 3 is 2.62 bits per heavy atom. The van der Waals surface area contributed by atoms with E-state index in [1.165, 1.54) is 0 Å². The van der Waals surface area contributed by atoms with Gasteiger partial charge in [0.2, 0.25) is 5.95 Å². The van der Waals surface area contributed by atoms with Gasteiger partial charge in [0.1, 0.15) is 5.52 Å². The minimum absolute atomic E-state index is 0.332. The Labute approximate surface area is 130 Å². The molecule has 0 fully saturated rings. The average molecular weight is 309 g/mol. The lowest BCUT2D eigenvalue weighted by atomic mass is 10.3. The summed E-state index contributed by atoms with van der Waals surface area (Å²) in [4.78, 5) is 19.2. The summed E-state index contributed by atoms with van der Waals surface area (Å²) >= 11 is 6.08. The number of nitrogens with one attached hydrogen (secondary N) is 1. The summed E-state index contributed by atoms with van der Waals surface area (Å²) in [6, 6.07) is 0. The third-order valence-electron chi connectivity index (χ3n) is 3.37. The number of unbranched alkanes of at least 4 members (excludes halogenated alkanes) is 1. The maximum Gasteiger partial charge on any atom is 0.226 e. The van der Waals surface area contributed by atoms with Crippen LogP contribution in [0.3, 0.4) is 0 Å². The first-order valence-corrected chi connectivity index (χ1v) is 7.72. The molecule has 7 heteroatoms. The summed E-state index contributed by atoms with van der Waals surface area (Å²) in [6.45, 7) is 8.53. The van der Waals surface area contributed by atoms with Gasteiger partial charge in [0.25, 0.3) is 0 Å². The van der Waals surface area contributed by atoms with E-state index < -0.39 is 0 Å². The van der Waals surface area contributed by atoms with Crippen LogP contribution in [-0.4, -0.2) is 51.0 Å². The highest BCUT2D eigenvalue weighted by atomic mass is 35.5. The molecule has 0 radical (unpaired) electrons. The quantitative estimate of drug-likeness (QED) is 0.597. The lowest BCUT2D eigenvalue weighted by Crippen LogP contribution is -2.24. The molecule has 2 heterocycles. The second-order valence-corrected chi connectivity index (χ2v) is 5.09. The van der Waals surface area contributed by atoms with E-state index in [9.17, 15) is 0 Å². The molecule has 0 spiro atoms. The Morgan fingerprint density at radius 2 is 1.86 bits per heavy atom. The van der Waals surface area contributed by atoms with Crippen LogP contribution in [0, 0.1) is 0 Å². The number of halogens is 1. The van der Waals surface area contributed by atoms with Crippen LogP contribution in [0.4, 0.5) is 5.95 Å². The average Bonchev–Trinajstić information content (AvgIpc) is 2.51. The van der Waals surface area contributed by atoms with Crippen LogP contribution >= 0.6 is 11.6 Å². The normalized spacial score (nSPS) is 11.2. The van der Waals surface area contributed by atoms with Gasteiger partial charge < -0.3 is 10.2 Å². The topological polar surface area (TPSA) is 66.8 Å². The third kappa shape index (κ3) is 4.47. The molecule has 0 saturated heterocycles. The van der Waals surface area contributed by atoms with Gasteiger partial charge in [-0.3, -0.25) is 0 Å². The molecule has 2 rings (SSSR count). The molecule has 0 aliphatic carbocycles. The van der Waals surface area contributed by atoms with Crippen LogP contribution in [0.5, 0.6) is 0 Å². The molecule has 0 aromatic carbocycles. The number of aromatic nitrogens is 4. The van der Waals surface area contributed by atoms with Crippen molar-refractivity contribution in [2.75, 3.05) is 31.5 Å². The standard InChI is InChI=1S/C14H21ClN6/c1-3-21(4-2)10-6-5-7-18-14-19-12(15)11-13(20-14)17-9-8-16-11/h8-9H,3-7,10H2,1-2H3,(H,17,18,19,20). The van der Waals surface area contributed by atoms with Crippen molar-refractivity contribution in [1.82, 2.24) is 24.8 Å². The Hall–Kier alpha value is -1.53. The largest absolute Gasteiger partial charge is 0.354 e. The summed E-state index contributed by atoms with van der Waals surface area (Å²) in [5.41, 5.74) is 1.05. The smallest absolute Gasteiger partial charge is 0.226 e. The molecule has 1 N–H and O–H groups in total. The Morgan fingerprint density at radius 1 is 1.10 bits per heavy atom. The fourth-order valence-corrected chi connectivity index (χ4v) is 2.32. The predicted octanol–water partition coefficient (Wildman–Crippen LogP) is 2.61. The number of hydrogen-bond acceptors (Lipinski definition) is 6. The minimum atomic E-state index is 0.332. The monoisotopic (exact) mass is 308 g/mol. The van der Waals surface area contributed by atoms with E-state index in [0.717, 1.165) is 39.0 Å². The van der Waals surface area contributed by atoms with Crippen LogP contribution < -0.4 is 5.32 Å².